The summed E-state index contributed by atoms with van der Waals surface area (Å²) in [6.07, 6.45) is 9.34. The molecule has 1 N–H and O–H groups in total. The van der Waals surface area contributed by atoms with Crippen molar-refractivity contribution < 1.29 is 9.63 Å². The van der Waals surface area contributed by atoms with Crippen LogP contribution in [0.3, 0.4) is 0 Å². The maximum absolute atomic E-state index is 11.3. The molecule has 2 aromatic carbocycles. The molecule has 0 aromatic heterocycles. The molecule has 0 saturated heterocycles. The number of nitrogens with zero attached hydrogens (tertiary/aromatic N) is 1. The van der Waals surface area contributed by atoms with Crippen molar-refractivity contribution in [1.82, 2.24) is 4.67 Å². The molecule has 3 nitrogen and oxygen atoms in total. The maximum Gasteiger partial charge on any atom is 0.149 e. The van der Waals surface area contributed by atoms with Crippen LogP contribution in [0, 0.1) is 6.92 Å². The molecule has 2 aromatic rings. The van der Waals surface area contributed by atoms with Crippen LogP contribution in [0.15, 0.2) is 12.1 Å². The molecular weight excluding hydrogens is 396 g/mol. The zero-order chi connectivity index (χ0) is 20.5. The molecule has 5 heteroatoms. The van der Waals surface area contributed by atoms with Crippen molar-refractivity contribution >= 4 is 22.8 Å². The van der Waals surface area contributed by atoms with Crippen LogP contribution < -0.4 is 9.83 Å². The summed E-state index contributed by atoms with van der Waals surface area (Å²) in [7, 11) is 5.06. The third kappa shape index (κ3) is 4.07. The van der Waals surface area contributed by atoms with E-state index in [0.717, 1.165) is 42.6 Å². The minimum Gasteiger partial charge on any atom is -0.507 e. The lowest BCUT2D eigenvalue weighted by atomic mass is 9.79. The Morgan fingerprint density at radius 3 is 2.10 bits per heavy atom. The van der Waals surface area contributed by atoms with Gasteiger partial charge >= 0.3 is 0 Å². The highest BCUT2D eigenvalue weighted by Crippen LogP contribution is 2.49. The Labute approximate surface area is 178 Å². The average Bonchev–Trinajstić information content (AvgIpc) is 2.72. The third-order valence-corrected chi connectivity index (χ3v) is 7.84. The van der Waals surface area contributed by atoms with Crippen LogP contribution in [0.25, 0.3) is 11.1 Å². The molecule has 0 fully saturated rings. The van der Waals surface area contributed by atoms with E-state index in [4.69, 9.17) is 4.52 Å². The number of phenols is 1. The van der Waals surface area contributed by atoms with Crippen LogP contribution in [0.4, 0.5) is 0 Å². The first-order valence-corrected chi connectivity index (χ1v) is 13.2. The molecule has 2 atom stereocenters. The standard InChI is InChI=1S/C24H33NO2P2/c1-15-13-16-9-5-7-11-18(16)21(23(15)26)22-19-12-8-6-10-17(19)14-20(28-4)24(22)27-29-25(2)3/h13-14,26,28-29H,5-12H2,1-4H3. The van der Waals surface area contributed by atoms with Gasteiger partial charge in [0.2, 0.25) is 0 Å². The van der Waals surface area contributed by atoms with Gasteiger partial charge in [0, 0.05) is 16.4 Å². The molecular formula is C24H33NO2P2. The van der Waals surface area contributed by atoms with E-state index in [0.29, 0.717) is 14.3 Å². The fraction of sp³-hybridized carbons (Fsp3) is 0.500. The van der Waals surface area contributed by atoms with Crippen molar-refractivity contribution in [3.05, 3.63) is 39.9 Å². The number of rotatable bonds is 5. The van der Waals surface area contributed by atoms with E-state index < -0.39 is 0 Å². The van der Waals surface area contributed by atoms with Gasteiger partial charge in [0.05, 0.1) is 0 Å². The minimum atomic E-state index is 0.279. The fourth-order valence-corrected chi connectivity index (χ4v) is 6.20. The third-order valence-electron chi connectivity index (χ3n) is 6.27. The summed E-state index contributed by atoms with van der Waals surface area (Å²) in [6, 6.07) is 4.61. The summed E-state index contributed by atoms with van der Waals surface area (Å²) in [6.45, 7) is 4.29. The second kappa shape index (κ2) is 8.93. The average molecular weight is 429 g/mol. The van der Waals surface area contributed by atoms with Gasteiger partial charge in [-0.05, 0) is 113 Å². The molecule has 0 bridgehead atoms. The lowest BCUT2D eigenvalue weighted by molar-refractivity contribution is 0.470. The highest BCUT2D eigenvalue weighted by atomic mass is 31.1. The quantitative estimate of drug-likeness (QED) is 0.637. The Morgan fingerprint density at radius 2 is 1.48 bits per heavy atom. The van der Waals surface area contributed by atoms with Gasteiger partial charge in [-0.15, -0.1) is 0 Å². The van der Waals surface area contributed by atoms with E-state index in [1.54, 1.807) is 0 Å². The normalized spacial score (nSPS) is 16.7. The summed E-state index contributed by atoms with van der Waals surface area (Å²) in [4.78, 5) is 0. The van der Waals surface area contributed by atoms with E-state index >= 15 is 0 Å². The molecule has 2 aliphatic carbocycles. The van der Waals surface area contributed by atoms with Crippen molar-refractivity contribution in [2.45, 2.75) is 58.3 Å². The van der Waals surface area contributed by atoms with E-state index in [9.17, 15) is 5.11 Å². The molecule has 4 rings (SSSR count). The zero-order valence-electron chi connectivity index (χ0n) is 18.1. The number of aryl methyl sites for hydroxylation is 3. The van der Waals surface area contributed by atoms with Gasteiger partial charge in [-0.2, -0.15) is 0 Å². The van der Waals surface area contributed by atoms with Crippen LogP contribution in [0.2, 0.25) is 0 Å². The number of phenolic OH excluding ortho intramolecular Hbond substituents is 1. The topological polar surface area (TPSA) is 32.7 Å². The Hall–Kier alpha value is -1.14. The van der Waals surface area contributed by atoms with Gasteiger partial charge in [0.1, 0.15) is 20.5 Å². The zero-order valence-corrected chi connectivity index (χ0v) is 20.1. The summed E-state index contributed by atoms with van der Waals surface area (Å²) in [5.74, 6) is 1.49. The van der Waals surface area contributed by atoms with Crippen LogP contribution >= 0.6 is 17.5 Å². The molecule has 0 aliphatic heterocycles. The van der Waals surface area contributed by atoms with Gasteiger partial charge in [-0.1, -0.05) is 14.6 Å². The molecule has 29 heavy (non-hydrogen) atoms. The molecule has 0 radical (unpaired) electrons. The Morgan fingerprint density at radius 1 is 0.897 bits per heavy atom. The molecule has 0 saturated carbocycles. The predicted molar refractivity (Wildman–Crippen MR) is 128 cm³/mol. The number of hydrogen-bond donors (Lipinski definition) is 1. The van der Waals surface area contributed by atoms with Gasteiger partial charge < -0.3 is 9.63 Å². The second-order valence-electron chi connectivity index (χ2n) is 8.57. The second-order valence-corrected chi connectivity index (χ2v) is 10.9. The Balaban J connectivity index is 2.03. The van der Waals surface area contributed by atoms with E-state index in [-0.39, 0.29) is 8.96 Å². The summed E-state index contributed by atoms with van der Waals surface area (Å²) in [5.41, 5.74) is 8.97. The van der Waals surface area contributed by atoms with Crippen LogP contribution in [0.5, 0.6) is 11.5 Å². The van der Waals surface area contributed by atoms with Crippen molar-refractivity contribution in [2.75, 3.05) is 20.8 Å². The Kier molecular flexibility index (Phi) is 6.50. The highest BCUT2D eigenvalue weighted by molar-refractivity contribution is 7.46. The summed E-state index contributed by atoms with van der Waals surface area (Å²) < 4.78 is 8.57. The van der Waals surface area contributed by atoms with Crippen molar-refractivity contribution in [3.8, 4) is 22.6 Å². The first-order valence-electron chi connectivity index (χ1n) is 10.8. The van der Waals surface area contributed by atoms with E-state index in [1.165, 1.54) is 58.8 Å². The minimum absolute atomic E-state index is 0.279. The number of fused-ring (bicyclic) bond motifs is 2. The van der Waals surface area contributed by atoms with Crippen molar-refractivity contribution in [2.24, 2.45) is 0 Å². The monoisotopic (exact) mass is 429 g/mol. The smallest absolute Gasteiger partial charge is 0.149 e. The first kappa shape index (κ1) is 21.1. The van der Waals surface area contributed by atoms with E-state index in [2.05, 4.69) is 37.6 Å². The maximum atomic E-state index is 11.3. The number of benzene rings is 2. The van der Waals surface area contributed by atoms with Crippen molar-refractivity contribution in [1.29, 1.82) is 0 Å². The summed E-state index contributed by atoms with van der Waals surface area (Å²) >= 11 is 0. The molecule has 0 heterocycles. The van der Waals surface area contributed by atoms with E-state index in [1.807, 2.05) is 6.92 Å². The fourth-order valence-electron chi connectivity index (χ4n) is 4.89. The first-order chi connectivity index (χ1) is 14.0. The van der Waals surface area contributed by atoms with Crippen LogP contribution in [-0.2, 0) is 25.7 Å². The molecule has 2 aliphatic rings. The van der Waals surface area contributed by atoms with Gasteiger partial charge in [-0.25, -0.2) is 0 Å². The van der Waals surface area contributed by atoms with Crippen LogP contribution in [-0.4, -0.2) is 30.5 Å². The largest absolute Gasteiger partial charge is 0.507 e. The van der Waals surface area contributed by atoms with Gasteiger partial charge in [-0.3, -0.25) is 4.67 Å². The predicted octanol–water partition coefficient (Wildman–Crippen LogP) is 5.51. The van der Waals surface area contributed by atoms with Crippen molar-refractivity contribution in [3.63, 3.8) is 0 Å². The highest BCUT2D eigenvalue weighted by Gasteiger charge is 2.28. The lowest BCUT2D eigenvalue weighted by Crippen LogP contribution is -2.15. The molecule has 0 spiro atoms. The molecule has 0 amide bonds. The lowest BCUT2D eigenvalue weighted by Gasteiger charge is -2.29. The van der Waals surface area contributed by atoms with Gasteiger partial charge in [0.15, 0.2) is 0 Å². The number of hydrogen-bond acceptors (Lipinski definition) is 3. The summed E-state index contributed by atoms with van der Waals surface area (Å²) in [5, 5.41) is 12.6. The SMILES string of the molecule is CPc1cc2c(c(-c3c(O)c(C)cc4c3CCCC4)c1OPN(C)C)CCCC2. The Bertz CT molecular complexity index is 924. The number of aromatic hydroxyl groups is 1. The molecule has 156 valence electrons. The van der Waals surface area contributed by atoms with Crippen LogP contribution in [0.1, 0.15) is 53.5 Å². The molecule has 2 unspecified atom stereocenters. The van der Waals surface area contributed by atoms with Gasteiger partial charge in [0.25, 0.3) is 0 Å².